The molecule has 2 atom stereocenters. The molecule has 5 rings (SSSR count). The largest absolute Gasteiger partial charge is 0.593 e. The summed E-state index contributed by atoms with van der Waals surface area (Å²) in [5.74, 6) is 0.662. The first-order valence-electron chi connectivity index (χ1n) is 10.7. The quantitative estimate of drug-likeness (QED) is 0.386. The Kier molecular flexibility index (Phi) is 6.49. The highest BCUT2D eigenvalue weighted by Gasteiger charge is 2.52. The third kappa shape index (κ3) is 4.76. The number of fused-ring (bicyclic) bond motifs is 1. The van der Waals surface area contributed by atoms with Gasteiger partial charge in [-0.25, -0.2) is 9.37 Å². The first-order chi connectivity index (χ1) is 16.8. The molecule has 0 bridgehead atoms. The van der Waals surface area contributed by atoms with Gasteiger partial charge in [0.05, 0.1) is 21.7 Å². The fourth-order valence-corrected chi connectivity index (χ4v) is 5.78. The zero-order valence-electron chi connectivity index (χ0n) is 18.6. The number of hydrogen-bond donors (Lipinski definition) is 2. The summed E-state index contributed by atoms with van der Waals surface area (Å²) >= 11 is 5.95. The lowest BCUT2D eigenvalue weighted by molar-refractivity contribution is -0.118. The predicted octanol–water partition coefficient (Wildman–Crippen LogP) is 5.21. The molecule has 7 nitrogen and oxygen atoms in total. The first-order valence-corrected chi connectivity index (χ1v) is 13.1. The number of halogens is 2. The van der Waals surface area contributed by atoms with E-state index in [1.807, 2.05) is 18.2 Å². The van der Waals surface area contributed by atoms with Crippen molar-refractivity contribution in [1.29, 1.82) is 0 Å². The molecular formula is C24H21ClFN3O4S2. The van der Waals surface area contributed by atoms with Crippen molar-refractivity contribution in [2.24, 2.45) is 0 Å². The number of aromatic nitrogens is 1. The first kappa shape index (κ1) is 24.1. The van der Waals surface area contributed by atoms with Crippen molar-refractivity contribution < 1.29 is 23.2 Å². The van der Waals surface area contributed by atoms with E-state index in [-0.39, 0.29) is 17.7 Å². The van der Waals surface area contributed by atoms with Crippen LogP contribution in [0.2, 0.25) is 5.02 Å². The summed E-state index contributed by atoms with van der Waals surface area (Å²) in [6.45, 7) is 5.52. The van der Waals surface area contributed by atoms with Gasteiger partial charge in [0.1, 0.15) is 16.8 Å². The Morgan fingerprint density at radius 2 is 2.06 bits per heavy atom. The van der Waals surface area contributed by atoms with Crippen molar-refractivity contribution in [2.75, 3.05) is 12.1 Å². The maximum Gasteiger partial charge on any atom is 0.236 e. The highest BCUT2D eigenvalue weighted by atomic mass is 35.5. The summed E-state index contributed by atoms with van der Waals surface area (Å²) in [7, 11) is 0. The van der Waals surface area contributed by atoms with Gasteiger partial charge in [-0.3, -0.25) is 4.79 Å². The minimum absolute atomic E-state index is 0.160. The average molecular weight is 534 g/mol. The van der Waals surface area contributed by atoms with Crippen LogP contribution >= 0.6 is 22.9 Å². The van der Waals surface area contributed by atoms with Crippen LogP contribution < -0.4 is 19.5 Å². The molecule has 0 spiro atoms. The number of rotatable bonds is 8. The third-order valence-corrected chi connectivity index (χ3v) is 8.34. The molecule has 1 aliphatic carbocycles. The number of hydrogen-bond acceptors (Lipinski definition) is 7. The molecule has 1 aliphatic heterocycles. The molecule has 1 amide bonds. The number of carbonyl (C=O) groups excluding carboxylic acids is 1. The number of ether oxygens (including phenoxy) is 2. The summed E-state index contributed by atoms with van der Waals surface area (Å²) in [5, 5.41) is 3.49. The van der Waals surface area contributed by atoms with Crippen molar-refractivity contribution in [3.05, 3.63) is 80.9 Å². The van der Waals surface area contributed by atoms with E-state index in [1.165, 1.54) is 29.5 Å². The van der Waals surface area contributed by atoms with Gasteiger partial charge in [0.2, 0.25) is 12.7 Å². The van der Waals surface area contributed by atoms with Crippen molar-refractivity contribution >= 4 is 45.3 Å². The molecule has 0 radical (unpaired) electrons. The average Bonchev–Trinajstić information content (AvgIpc) is 3.28. The highest BCUT2D eigenvalue weighted by molar-refractivity contribution is 7.93. The van der Waals surface area contributed by atoms with Crippen LogP contribution in [0.5, 0.6) is 11.5 Å². The molecule has 3 aromatic rings. The van der Waals surface area contributed by atoms with Crippen molar-refractivity contribution in [3.8, 4) is 11.5 Å². The number of anilines is 1. The lowest BCUT2D eigenvalue weighted by atomic mass is 9.94. The minimum Gasteiger partial charge on any atom is -0.593 e. The second-order valence-corrected chi connectivity index (χ2v) is 11.3. The van der Waals surface area contributed by atoms with E-state index in [0.717, 1.165) is 5.56 Å². The molecule has 2 heterocycles. The lowest BCUT2D eigenvalue weighted by Gasteiger charge is -2.20. The third-order valence-electron chi connectivity index (χ3n) is 5.95. The van der Waals surface area contributed by atoms with Gasteiger partial charge in [0.15, 0.2) is 16.6 Å². The molecule has 2 aromatic carbocycles. The Bertz CT molecular complexity index is 1310. The molecule has 0 saturated heterocycles. The van der Waals surface area contributed by atoms with Crippen LogP contribution in [-0.2, 0) is 21.6 Å². The number of carbonyl (C=O) groups is 1. The van der Waals surface area contributed by atoms with Crippen molar-refractivity contribution in [1.82, 2.24) is 9.71 Å². The van der Waals surface area contributed by atoms with Crippen LogP contribution in [0.25, 0.3) is 0 Å². The number of nitrogens with zero attached hydrogens (tertiary/aromatic N) is 1. The van der Waals surface area contributed by atoms with Gasteiger partial charge in [-0.1, -0.05) is 35.1 Å². The summed E-state index contributed by atoms with van der Waals surface area (Å²) in [5.41, 5.74) is 0.750. The van der Waals surface area contributed by atoms with Gasteiger partial charge in [0.25, 0.3) is 0 Å². The molecule has 1 saturated carbocycles. The monoisotopic (exact) mass is 533 g/mol. The van der Waals surface area contributed by atoms with E-state index in [2.05, 4.69) is 21.6 Å². The Hall–Kier alpha value is -2.63. The number of thiazole rings is 1. The van der Waals surface area contributed by atoms with Gasteiger partial charge < -0.3 is 19.3 Å². The van der Waals surface area contributed by atoms with Gasteiger partial charge >= 0.3 is 0 Å². The molecule has 1 unspecified atom stereocenters. The van der Waals surface area contributed by atoms with Crippen LogP contribution in [0.4, 0.5) is 9.52 Å². The van der Waals surface area contributed by atoms with Gasteiger partial charge in [0, 0.05) is 18.1 Å². The maximum atomic E-state index is 13.6. The van der Waals surface area contributed by atoms with E-state index < -0.39 is 28.6 Å². The van der Waals surface area contributed by atoms with Crippen LogP contribution in [0.3, 0.4) is 0 Å². The Labute approximate surface area is 213 Å². The topological polar surface area (TPSA) is 95.5 Å². The zero-order valence-corrected chi connectivity index (χ0v) is 21.0. The van der Waals surface area contributed by atoms with E-state index in [0.29, 0.717) is 44.8 Å². The van der Waals surface area contributed by atoms with Crippen LogP contribution in [-0.4, -0.2) is 22.2 Å². The van der Waals surface area contributed by atoms with Gasteiger partial charge in [-0.2, -0.15) is 0 Å². The van der Waals surface area contributed by atoms with Crippen molar-refractivity contribution in [3.63, 3.8) is 0 Å². The lowest BCUT2D eigenvalue weighted by Crippen LogP contribution is -2.29. The van der Waals surface area contributed by atoms with Crippen LogP contribution in [0.1, 0.15) is 41.8 Å². The maximum absolute atomic E-state index is 13.6. The second-order valence-electron chi connectivity index (χ2n) is 8.36. The molecule has 2 aliphatic rings. The number of amides is 1. The molecule has 2 N–H and O–H groups in total. The molecular weight excluding hydrogens is 513 g/mol. The number of nitrogens with one attached hydrogen (secondary N) is 2. The molecule has 1 aromatic heterocycles. The molecule has 35 heavy (non-hydrogen) atoms. The van der Waals surface area contributed by atoms with Gasteiger partial charge in [-0.15, -0.1) is 4.72 Å². The Morgan fingerprint density at radius 3 is 2.77 bits per heavy atom. The van der Waals surface area contributed by atoms with E-state index >= 15 is 0 Å². The summed E-state index contributed by atoms with van der Waals surface area (Å²) in [4.78, 5) is 18.7. The zero-order chi connectivity index (χ0) is 24.7. The van der Waals surface area contributed by atoms with Crippen LogP contribution in [0, 0.1) is 5.82 Å². The summed E-state index contributed by atoms with van der Waals surface area (Å²) < 4.78 is 39.9. The standard InChI is InChI=1S/C24H21ClFN3O4S2/c1-13(2)35(31)29-21(16-5-4-15(26)10-17(16)25)20-11-27-23(34-20)28-22(30)24(7-8-24)14-3-6-18-19(9-14)33-12-32-18/h3-6,9-11,21,29H,1,7-8,12H2,2H3,(H,27,28,30)/t21-,35?/m0/s1. The van der Waals surface area contributed by atoms with Crippen molar-refractivity contribution in [2.45, 2.75) is 31.2 Å². The van der Waals surface area contributed by atoms with E-state index in [1.54, 1.807) is 13.1 Å². The number of allylic oxidation sites excluding steroid dienone is 1. The smallest absolute Gasteiger partial charge is 0.236 e. The molecule has 182 valence electrons. The summed E-state index contributed by atoms with van der Waals surface area (Å²) in [6, 6.07) is 8.92. The van der Waals surface area contributed by atoms with E-state index in [9.17, 15) is 13.7 Å². The number of benzene rings is 2. The van der Waals surface area contributed by atoms with Gasteiger partial charge in [-0.05, 0) is 54.8 Å². The Morgan fingerprint density at radius 1 is 1.29 bits per heavy atom. The fourth-order valence-electron chi connectivity index (χ4n) is 3.88. The minimum atomic E-state index is -1.57. The predicted molar refractivity (Wildman–Crippen MR) is 134 cm³/mol. The van der Waals surface area contributed by atoms with Crippen LogP contribution in [0.15, 0.2) is 54.1 Å². The van der Waals surface area contributed by atoms with E-state index in [4.69, 9.17) is 21.1 Å². The second kappa shape index (κ2) is 9.44. The summed E-state index contributed by atoms with van der Waals surface area (Å²) in [6.07, 6.45) is 3.00. The molecule has 11 heteroatoms. The SMILES string of the molecule is C=C(C)[S+]([O-])N[C@H](c1cnc(NC(=O)C2(c3ccc4c(c3)OCO4)CC2)s1)c1ccc(F)cc1Cl. The Balaban J connectivity index is 1.38. The fraction of sp³-hybridized carbons (Fsp3) is 0.250. The molecule has 1 fully saturated rings. The highest BCUT2D eigenvalue weighted by Crippen LogP contribution is 2.51. The normalized spacial score (nSPS) is 17.0.